The third kappa shape index (κ3) is 3.35. The Morgan fingerprint density at radius 3 is 2.58 bits per heavy atom. The van der Waals surface area contributed by atoms with Gasteiger partial charge in [-0.1, -0.05) is 29.8 Å². The van der Waals surface area contributed by atoms with Crippen molar-refractivity contribution >= 4 is 23.2 Å². The molecule has 0 saturated carbocycles. The molecule has 1 heterocycles. The summed E-state index contributed by atoms with van der Waals surface area (Å²) in [5.74, 6) is -0.0325. The van der Waals surface area contributed by atoms with Crippen LogP contribution in [0.1, 0.15) is 17.8 Å². The van der Waals surface area contributed by atoms with Crippen molar-refractivity contribution in [3.8, 4) is 0 Å². The number of benzene rings is 1. The molecular weight excluding hydrogens is 262 g/mol. The van der Waals surface area contributed by atoms with Crippen molar-refractivity contribution in [3.63, 3.8) is 0 Å². The van der Waals surface area contributed by atoms with Crippen LogP contribution < -0.4 is 5.32 Å². The summed E-state index contributed by atoms with van der Waals surface area (Å²) >= 11 is 6.06. The topological polar surface area (TPSA) is 46.9 Å². The highest BCUT2D eigenvalue weighted by atomic mass is 35.5. The quantitative estimate of drug-likeness (QED) is 0.933. The molecule has 1 aromatic heterocycles. The Morgan fingerprint density at radius 2 is 2.00 bits per heavy atom. The van der Waals surface area contributed by atoms with E-state index < -0.39 is 0 Å². The average molecular weight is 278 g/mol. The van der Waals surface area contributed by atoms with Gasteiger partial charge >= 0.3 is 0 Å². The molecule has 0 bridgehead atoms. The maximum atomic E-state index is 11.8. The van der Waals surface area contributed by atoms with Gasteiger partial charge in [0.15, 0.2) is 0 Å². The van der Waals surface area contributed by atoms with Gasteiger partial charge in [0, 0.05) is 12.1 Å². The number of hydrogen-bond acceptors (Lipinski definition) is 2. The normalized spacial score (nSPS) is 10.5. The molecule has 0 atom stereocenters. The molecule has 1 N–H and O–H groups in total. The molecule has 100 valence electrons. The van der Waals surface area contributed by atoms with Crippen LogP contribution in [0.3, 0.4) is 0 Å². The Bertz CT molecular complexity index is 578. The summed E-state index contributed by atoms with van der Waals surface area (Å²) in [6.45, 7) is 4.28. The van der Waals surface area contributed by atoms with Gasteiger partial charge in [-0.25, -0.2) is 0 Å². The molecule has 0 fully saturated rings. The van der Waals surface area contributed by atoms with Crippen LogP contribution in [0.15, 0.2) is 30.3 Å². The van der Waals surface area contributed by atoms with E-state index in [0.717, 1.165) is 17.1 Å². The van der Waals surface area contributed by atoms with Crippen LogP contribution in [-0.2, 0) is 11.3 Å². The summed E-state index contributed by atoms with van der Waals surface area (Å²) in [4.78, 5) is 11.8. The Hall–Kier alpha value is -1.81. The predicted molar refractivity (Wildman–Crippen MR) is 76.4 cm³/mol. The number of para-hydroxylation sites is 1. The van der Waals surface area contributed by atoms with Crippen molar-refractivity contribution in [2.75, 3.05) is 5.32 Å². The maximum Gasteiger partial charge on any atom is 0.226 e. The summed E-state index contributed by atoms with van der Waals surface area (Å²) < 4.78 is 1.77. The molecule has 0 aliphatic heterocycles. The number of anilines is 1. The van der Waals surface area contributed by atoms with Crippen LogP contribution in [0.4, 0.5) is 5.69 Å². The first-order valence-electron chi connectivity index (χ1n) is 6.12. The van der Waals surface area contributed by atoms with E-state index in [2.05, 4.69) is 10.4 Å². The third-order valence-corrected chi connectivity index (χ3v) is 3.45. The highest BCUT2D eigenvalue weighted by Crippen LogP contribution is 2.19. The van der Waals surface area contributed by atoms with Crippen LogP contribution in [0.25, 0.3) is 0 Å². The van der Waals surface area contributed by atoms with Crippen LogP contribution in [0, 0.1) is 13.8 Å². The van der Waals surface area contributed by atoms with Crippen molar-refractivity contribution in [2.24, 2.45) is 0 Å². The number of carbonyl (C=O) groups is 1. The van der Waals surface area contributed by atoms with Gasteiger partial charge in [0.1, 0.15) is 0 Å². The summed E-state index contributed by atoms with van der Waals surface area (Å²) in [7, 11) is 0. The molecule has 5 heteroatoms. The van der Waals surface area contributed by atoms with Crippen molar-refractivity contribution in [2.45, 2.75) is 26.8 Å². The minimum absolute atomic E-state index is 0.0325. The number of carbonyl (C=O) groups excluding carboxylic acids is 1. The number of rotatable bonds is 4. The van der Waals surface area contributed by atoms with Gasteiger partial charge in [0.05, 0.1) is 23.0 Å². The van der Waals surface area contributed by atoms with E-state index in [4.69, 9.17) is 11.6 Å². The lowest BCUT2D eigenvalue weighted by atomic mass is 10.3. The van der Waals surface area contributed by atoms with E-state index in [1.165, 1.54) is 0 Å². The molecule has 0 aliphatic rings. The molecule has 4 nitrogen and oxygen atoms in total. The second-order valence-electron chi connectivity index (χ2n) is 4.37. The van der Waals surface area contributed by atoms with Crippen molar-refractivity contribution in [3.05, 3.63) is 46.7 Å². The highest BCUT2D eigenvalue weighted by molar-refractivity contribution is 6.31. The highest BCUT2D eigenvalue weighted by Gasteiger charge is 2.10. The smallest absolute Gasteiger partial charge is 0.226 e. The molecule has 1 amide bonds. The number of aromatic nitrogens is 2. The molecule has 0 saturated heterocycles. The monoisotopic (exact) mass is 277 g/mol. The zero-order valence-electron chi connectivity index (χ0n) is 11.0. The van der Waals surface area contributed by atoms with Gasteiger partial charge in [-0.15, -0.1) is 0 Å². The van der Waals surface area contributed by atoms with E-state index in [0.29, 0.717) is 18.0 Å². The Morgan fingerprint density at radius 1 is 1.32 bits per heavy atom. The molecule has 0 radical (unpaired) electrons. The SMILES string of the molecule is Cc1nn(CCC(=O)Nc2ccccc2)c(C)c1Cl. The molecule has 2 aromatic rings. The van der Waals surface area contributed by atoms with E-state index in [-0.39, 0.29) is 5.91 Å². The van der Waals surface area contributed by atoms with Gasteiger partial charge in [0.25, 0.3) is 0 Å². The fourth-order valence-electron chi connectivity index (χ4n) is 1.85. The lowest BCUT2D eigenvalue weighted by molar-refractivity contribution is -0.116. The largest absolute Gasteiger partial charge is 0.326 e. The number of aryl methyl sites for hydroxylation is 2. The van der Waals surface area contributed by atoms with Crippen LogP contribution in [0.2, 0.25) is 5.02 Å². The Labute approximate surface area is 117 Å². The molecular formula is C14H16ClN3O. The second-order valence-corrected chi connectivity index (χ2v) is 4.75. The minimum atomic E-state index is -0.0325. The first kappa shape index (κ1) is 13.6. The summed E-state index contributed by atoms with van der Waals surface area (Å²) in [6, 6.07) is 9.40. The van der Waals surface area contributed by atoms with Crippen LogP contribution in [-0.4, -0.2) is 15.7 Å². The predicted octanol–water partition coefficient (Wildman–Crippen LogP) is 3.18. The first-order chi connectivity index (χ1) is 9.08. The zero-order chi connectivity index (χ0) is 13.8. The van der Waals surface area contributed by atoms with Crippen molar-refractivity contribution in [1.29, 1.82) is 0 Å². The number of halogens is 1. The van der Waals surface area contributed by atoms with Gasteiger partial charge in [0.2, 0.25) is 5.91 Å². The van der Waals surface area contributed by atoms with E-state index in [9.17, 15) is 4.79 Å². The zero-order valence-corrected chi connectivity index (χ0v) is 11.7. The number of nitrogens with zero attached hydrogens (tertiary/aromatic N) is 2. The Balaban J connectivity index is 1.92. The van der Waals surface area contributed by atoms with E-state index in [1.54, 1.807) is 4.68 Å². The fourth-order valence-corrected chi connectivity index (χ4v) is 1.98. The molecule has 1 aromatic carbocycles. The minimum Gasteiger partial charge on any atom is -0.326 e. The maximum absolute atomic E-state index is 11.8. The van der Waals surface area contributed by atoms with Crippen LogP contribution in [0.5, 0.6) is 0 Å². The first-order valence-corrected chi connectivity index (χ1v) is 6.50. The third-order valence-electron chi connectivity index (χ3n) is 2.90. The second kappa shape index (κ2) is 5.89. The van der Waals surface area contributed by atoms with Crippen LogP contribution >= 0.6 is 11.6 Å². The standard InChI is InChI=1S/C14H16ClN3O/c1-10-14(15)11(2)18(17-10)9-8-13(19)16-12-6-4-3-5-7-12/h3-7H,8-9H2,1-2H3,(H,16,19). The summed E-state index contributed by atoms with van der Waals surface area (Å²) in [6.07, 6.45) is 0.368. The molecule has 19 heavy (non-hydrogen) atoms. The average Bonchev–Trinajstić information content (AvgIpc) is 2.65. The van der Waals surface area contributed by atoms with Gasteiger partial charge in [-0.3, -0.25) is 9.48 Å². The van der Waals surface area contributed by atoms with Gasteiger partial charge in [-0.05, 0) is 26.0 Å². The number of amides is 1. The lowest BCUT2D eigenvalue weighted by Gasteiger charge is -2.06. The van der Waals surface area contributed by atoms with E-state index in [1.807, 2.05) is 44.2 Å². The lowest BCUT2D eigenvalue weighted by Crippen LogP contribution is -2.15. The Kier molecular flexibility index (Phi) is 4.22. The molecule has 0 aliphatic carbocycles. The molecule has 0 unspecified atom stereocenters. The number of hydrogen-bond donors (Lipinski definition) is 1. The number of nitrogens with one attached hydrogen (secondary N) is 1. The van der Waals surface area contributed by atoms with Crippen molar-refractivity contribution in [1.82, 2.24) is 9.78 Å². The van der Waals surface area contributed by atoms with Gasteiger partial charge in [-0.2, -0.15) is 5.10 Å². The van der Waals surface area contributed by atoms with Gasteiger partial charge < -0.3 is 5.32 Å². The van der Waals surface area contributed by atoms with Crippen molar-refractivity contribution < 1.29 is 4.79 Å². The van der Waals surface area contributed by atoms with E-state index >= 15 is 0 Å². The summed E-state index contributed by atoms with van der Waals surface area (Å²) in [5.41, 5.74) is 2.49. The summed E-state index contributed by atoms with van der Waals surface area (Å²) in [5, 5.41) is 7.80. The molecule has 0 spiro atoms. The molecule has 2 rings (SSSR count). The fraction of sp³-hybridized carbons (Fsp3) is 0.286.